The van der Waals surface area contributed by atoms with E-state index in [1.807, 2.05) is 48.7 Å². The Kier molecular flexibility index (Phi) is 5.59. The molecule has 1 aliphatic rings. The zero-order valence-electron chi connectivity index (χ0n) is 17.0. The predicted molar refractivity (Wildman–Crippen MR) is 127 cm³/mol. The second kappa shape index (κ2) is 8.68. The van der Waals surface area contributed by atoms with Gasteiger partial charge in [-0.1, -0.05) is 35.5 Å². The molecule has 0 radical (unpaired) electrons. The van der Waals surface area contributed by atoms with Crippen molar-refractivity contribution >= 4 is 51.8 Å². The zero-order chi connectivity index (χ0) is 22.1. The highest BCUT2D eigenvalue weighted by Gasteiger charge is 2.29. The van der Waals surface area contributed by atoms with E-state index in [9.17, 15) is 9.59 Å². The van der Waals surface area contributed by atoms with Gasteiger partial charge in [-0.25, -0.2) is 4.98 Å². The Balaban J connectivity index is 1.31. The number of rotatable bonds is 5. The second-order valence-corrected chi connectivity index (χ2v) is 8.89. The molecule has 3 heterocycles. The number of hydrogen-bond acceptors (Lipinski definition) is 4. The topological polar surface area (TPSA) is 78.1 Å². The van der Waals surface area contributed by atoms with Crippen molar-refractivity contribution in [3.63, 3.8) is 0 Å². The molecule has 0 saturated carbocycles. The first-order valence-electron chi connectivity index (χ1n) is 10.2. The highest BCUT2D eigenvalue weighted by molar-refractivity contribution is 7.99. The third kappa shape index (κ3) is 3.97. The van der Waals surface area contributed by atoms with E-state index in [0.717, 1.165) is 21.4 Å². The number of aromatic amines is 1. The van der Waals surface area contributed by atoms with E-state index in [1.165, 1.54) is 16.7 Å². The van der Waals surface area contributed by atoms with Gasteiger partial charge in [-0.3, -0.25) is 14.5 Å². The van der Waals surface area contributed by atoms with Crippen molar-refractivity contribution in [2.45, 2.75) is 16.3 Å². The largest absolute Gasteiger partial charge is 0.361 e. The molecule has 8 heteroatoms. The number of amides is 2. The van der Waals surface area contributed by atoms with Gasteiger partial charge in [0.1, 0.15) is 11.6 Å². The summed E-state index contributed by atoms with van der Waals surface area (Å²) in [6, 6.07) is 16.7. The van der Waals surface area contributed by atoms with Crippen molar-refractivity contribution < 1.29 is 9.59 Å². The first kappa shape index (κ1) is 20.6. The number of nitrogens with zero attached hydrogens (tertiary/aromatic N) is 2. The van der Waals surface area contributed by atoms with Crippen LogP contribution in [0.3, 0.4) is 0 Å². The quantitative estimate of drug-likeness (QED) is 0.451. The number of anilines is 1. The van der Waals surface area contributed by atoms with E-state index in [2.05, 4.69) is 15.3 Å². The highest BCUT2D eigenvalue weighted by atomic mass is 35.5. The molecule has 0 unspecified atom stereocenters. The van der Waals surface area contributed by atoms with E-state index >= 15 is 0 Å². The van der Waals surface area contributed by atoms with E-state index in [0.29, 0.717) is 34.3 Å². The molecule has 5 rings (SSSR count). The van der Waals surface area contributed by atoms with Crippen LogP contribution in [0.4, 0.5) is 5.69 Å². The smallest absolute Gasteiger partial charge is 0.261 e. The summed E-state index contributed by atoms with van der Waals surface area (Å²) in [5.74, 6) is -0.449. The lowest BCUT2D eigenvalue weighted by atomic mass is 10.1. The van der Waals surface area contributed by atoms with Crippen LogP contribution >= 0.6 is 23.4 Å². The standard InChI is InChI=1S/C24H19ClN4O2S/c25-16-7-8-19-18(12-16)15(13-28-19)9-11-26-22(30)14-29-20-5-1-2-6-21(20)32-23-17(24(29)31)4-3-10-27-23/h1-8,10,12-13,28H,9,11,14H2,(H,26,30). The minimum Gasteiger partial charge on any atom is -0.361 e. The van der Waals surface area contributed by atoms with Gasteiger partial charge in [-0.2, -0.15) is 0 Å². The molecule has 2 N–H and O–H groups in total. The summed E-state index contributed by atoms with van der Waals surface area (Å²) in [7, 11) is 0. The Hall–Kier alpha value is -3.29. The van der Waals surface area contributed by atoms with E-state index in [1.54, 1.807) is 18.3 Å². The SMILES string of the molecule is O=C(CN1C(=O)c2cccnc2Sc2ccccc21)NCCc1c[nH]c2ccc(Cl)cc12. The number of halogens is 1. The number of fused-ring (bicyclic) bond motifs is 3. The summed E-state index contributed by atoms with van der Waals surface area (Å²) in [6.45, 7) is 0.388. The summed E-state index contributed by atoms with van der Waals surface area (Å²) >= 11 is 7.55. The zero-order valence-corrected chi connectivity index (χ0v) is 18.5. The summed E-state index contributed by atoms with van der Waals surface area (Å²) < 4.78 is 0. The number of aromatic nitrogens is 2. The van der Waals surface area contributed by atoms with Crippen molar-refractivity contribution in [2.75, 3.05) is 18.0 Å². The van der Waals surface area contributed by atoms with Gasteiger partial charge in [0, 0.05) is 39.8 Å². The lowest BCUT2D eigenvalue weighted by Crippen LogP contribution is -2.41. The summed E-state index contributed by atoms with van der Waals surface area (Å²) in [6.07, 6.45) is 4.25. The third-order valence-corrected chi connectivity index (χ3v) is 6.68. The van der Waals surface area contributed by atoms with Crippen LogP contribution in [0.1, 0.15) is 15.9 Å². The molecule has 0 saturated heterocycles. The number of carbonyl (C=O) groups excluding carboxylic acids is 2. The molecule has 2 aromatic carbocycles. The van der Waals surface area contributed by atoms with E-state index in [4.69, 9.17) is 11.6 Å². The highest BCUT2D eigenvalue weighted by Crippen LogP contribution is 2.39. The van der Waals surface area contributed by atoms with E-state index < -0.39 is 0 Å². The average Bonchev–Trinajstić information content (AvgIpc) is 3.15. The number of nitrogens with one attached hydrogen (secondary N) is 2. The number of H-pyrrole nitrogens is 1. The summed E-state index contributed by atoms with van der Waals surface area (Å²) in [5.41, 5.74) is 3.29. The van der Waals surface area contributed by atoms with E-state index in [-0.39, 0.29) is 18.4 Å². The van der Waals surface area contributed by atoms with Crippen LogP contribution in [0.2, 0.25) is 5.02 Å². The molecule has 0 spiro atoms. The molecule has 2 aromatic heterocycles. The summed E-state index contributed by atoms with van der Waals surface area (Å²) in [4.78, 5) is 36.0. The van der Waals surface area contributed by atoms with Crippen LogP contribution in [-0.4, -0.2) is 34.9 Å². The molecular formula is C24H19ClN4O2S. The van der Waals surface area contributed by atoms with Crippen LogP contribution in [-0.2, 0) is 11.2 Å². The molecule has 6 nitrogen and oxygen atoms in total. The molecule has 0 aliphatic carbocycles. The minimum absolute atomic E-state index is 0.0650. The maximum Gasteiger partial charge on any atom is 0.261 e. The number of benzene rings is 2. The van der Waals surface area contributed by atoms with Crippen molar-refractivity contribution in [1.82, 2.24) is 15.3 Å². The maximum atomic E-state index is 13.2. The van der Waals surface area contributed by atoms with Gasteiger partial charge in [-0.05, 0) is 54.4 Å². The lowest BCUT2D eigenvalue weighted by molar-refractivity contribution is -0.119. The van der Waals surface area contributed by atoms with Gasteiger partial charge in [0.25, 0.3) is 5.91 Å². The molecule has 160 valence electrons. The molecular weight excluding hydrogens is 444 g/mol. The van der Waals surface area contributed by atoms with Gasteiger partial charge >= 0.3 is 0 Å². The average molecular weight is 463 g/mol. The molecule has 0 atom stereocenters. The fourth-order valence-corrected chi connectivity index (χ4v) is 5.00. The van der Waals surface area contributed by atoms with Gasteiger partial charge in [0.15, 0.2) is 0 Å². The number of para-hydroxylation sites is 1. The first-order chi connectivity index (χ1) is 15.6. The second-order valence-electron chi connectivity index (χ2n) is 7.42. The van der Waals surface area contributed by atoms with Crippen LogP contribution in [0, 0.1) is 0 Å². The Morgan fingerprint density at radius 2 is 2.03 bits per heavy atom. The van der Waals surface area contributed by atoms with Crippen LogP contribution < -0.4 is 10.2 Å². The molecule has 2 amide bonds. The normalized spacial score (nSPS) is 12.9. The monoisotopic (exact) mass is 462 g/mol. The Morgan fingerprint density at radius 3 is 2.94 bits per heavy atom. The molecule has 0 fully saturated rings. The molecule has 1 aliphatic heterocycles. The first-order valence-corrected chi connectivity index (χ1v) is 11.4. The number of pyridine rings is 1. The number of carbonyl (C=O) groups is 2. The van der Waals surface area contributed by atoms with Crippen LogP contribution in [0.5, 0.6) is 0 Å². The van der Waals surface area contributed by atoms with Crippen LogP contribution in [0.25, 0.3) is 10.9 Å². The summed E-state index contributed by atoms with van der Waals surface area (Å²) in [5, 5.41) is 5.31. The Labute approximate surface area is 194 Å². The minimum atomic E-state index is -0.230. The molecule has 32 heavy (non-hydrogen) atoms. The fourth-order valence-electron chi connectivity index (χ4n) is 3.81. The third-order valence-electron chi connectivity index (χ3n) is 5.36. The van der Waals surface area contributed by atoms with Crippen molar-refractivity contribution in [2.24, 2.45) is 0 Å². The van der Waals surface area contributed by atoms with Gasteiger partial charge in [0.05, 0.1) is 11.3 Å². The van der Waals surface area contributed by atoms with Gasteiger partial charge in [0.2, 0.25) is 5.91 Å². The molecule has 4 aromatic rings. The fraction of sp³-hybridized carbons (Fsp3) is 0.125. The maximum absolute atomic E-state index is 13.2. The van der Waals surface area contributed by atoms with Crippen LogP contribution in [0.15, 0.2) is 76.9 Å². The molecule has 0 bridgehead atoms. The van der Waals surface area contributed by atoms with Gasteiger partial charge < -0.3 is 10.3 Å². The van der Waals surface area contributed by atoms with Crippen molar-refractivity contribution in [3.8, 4) is 0 Å². The van der Waals surface area contributed by atoms with Crippen molar-refractivity contribution in [3.05, 3.63) is 83.1 Å². The number of hydrogen-bond donors (Lipinski definition) is 2. The predicted octanol–water partition coefficient (Wildman–Crippen LogP) is 4.69. The van der Waals surface area contributed by atoms with Crippen molar-refractivity contribution in [1.29, 1.82) is 0 Å². The van der Waals surface area contributed by atoms with Gasteiger partial charge in [-0.15, -0.1) is 0 Å². The Morgan fingerprint density at radius 1 is 1.16 bits per heavy atom. The Bertz CT molecular complexity index is 1340. The lowest BCUT2D eigenvalue weighted by Gasteiger charge is -2.22.